The second-order valence-corrected chi connectivity index (χ2v) is 29.6. The monoisotopic (exact) mass is 1290 g/mol. The standard InChI is InChI=1S/2C31H23NO.C31H23NS/c1-31(2)25-13-7-5-11-22(25)24-18-20(15-16-26(24)31)32-30-21-10-4-3-9-19(21)17-28-29(30)23-12-6-8-14-27(23)33-28;1-31(2)22-12-6-5-11-21(22)28-23(31)13-7-14-24(28)32-25-15-8-16-26-30(25)29-20-10-4-3-9-19(20)17-18-27(29)33-26;1-31(2)25-11-6-5-10-22(25)23-15-14-21(18-26(23)31)32-27-12-7-13-28-30(27)24-16-19-8-3-4-9-20(19)17-29(24)33-28/h3*3-18,32H,1-2H3. The van der Waals surface area contributed by atoms with Crippen LogP contribution in [0.25, 0.3) is 130 Å². The fourth-order valence-electron chi connectivity index (χ4n) is 16.9. The third-order valence-electron chi connectivity index (χ3n) is 21.7. The lowest BCUT2D eigenvalue weighted by Gasteiger charge is -2.22. The van der Waals surface area contributed by atoms with Crippen molar-refractivity contribution in [2.45, 2.75) is 57.8 Å². The minimum absolute atomic E-state index is 0.00359. The van der Waals surface area contributed by atoms with Crippen LogP contribution in [-0.4, -0.2) is 0 Å². The van der Waals surface area contributed by atoms with Crippen LogP contribution in [0.15, 0.2) is 300 Å². The largest absolute Gasteiger partial charge is 0.456 e. The zero-order chi connectivity index (χ0) is 66.5. The molecule has 0 aliphatic heterocycles. The zero-order valence-corrected chi connectivity index (χ0v) is 56.8. The van der Waals surface area contributed by atoms with Crippen LogP contribution in [0.1, 0.15) is 74.9 Å². The molecule has 0 saturated heterocycles. The average molecular weight is 1290 g/mol. The molecule has 0 fully saturated rings. The van der Waals surface area contributed by atoms with Crippen molar-refractivity contribution in [1.82, 2.24) is 0 Å². The number of furan rings is 2. The summed E-state index contributed by atoms with van der Waals surface area (Å²) in [6.45, 7) is 13.9. The summed E-state index contributed by atoms with van der Waals surface area (Å²) in [5, 5.41) is 26.0. The highest BCUT2D eigenvalue weighted by Crippen LogP contribution is 2.55. The Labute approximate surface area is 578 Å². The first kappa shape index (κ1) is 58.6. The lowest BCUT2D eigenvalue weighted by atomic mass is 9.82. The molecule has 0 spiro atoms. The van der Waals surface area contributed by atoms with Crippen molar-refractivity contribution in [1.29, 1.82) is 0 Å². The SMILES string of the molecule is CC1(C)c2ccccc2-c2c(Nc3cccc4oc5ccc6ccccc6c5c34)cccc21.CC1(C)c2ccccc2-c2cc(Nc3c4ccccc4cc4oc5ccccc5c34)ccc21.CC1(C)c2ccccc2-c2ccc(Nc3cccc4sc5cc6ccccc6cc5c34)cc21. The number of fused-ring (bicyclic) bond motifs is 22. The molecule has 3 aliphatic carbocycles. The smallest absolute Gasteiger partial charge is 0.138 e. The Hall–Kier alpha value is -11.7. The topological polar surface area (TPSA) is 62.4 Å². The number of nitrogens with one attached hydrogen (secondary N) is 3. The lowest BCUT2D eigenvalue weighted by Crippen LogP contribution is -2.15. The Morgan fingerprint density at radius 2 is 0.788 bits per heavy atom. The molecule has 5 nitrogen and oxygen atoms in total. The third kappa shape index (κ3) is 9.19. The van der Waals surface area contributed by atoms with E-state index < -0.39 is 0 Å². The fraction of sp³-hybridized carbons (Fsp3) is 0.0968. The summed E-state index contributed by atoms with van der Waals surface area (Å²) in [4.78, 5) is 0. The second kappa shape index (κ2) is 22.2. The minimum Gasteiger partial charge on any atom is -0.456 e. The Morgan fingerprint density at radius 1 is 0.263 bits per heavy atom. The van der Waals surface area contributed by atoms with Crippen molar-refractivity contribution < 1.29 is 8.83 Å². The van der Waals surface area contributed by atoms with Gasteiger partial charge < -0.3 is 24.8 Å². The molecule has 3 N–H and O–H groups in total. The van der Waals surface area contributed by atoms with Gasteiger partial charge in [0.15, 0.2) is 0 Å². The maximum atomic E-state index is 6.28. The average Bonchev–Trinajstić information content (AvgIpc) is 1.62. The molecule has 15 aromatic carbocycles. The Bertz CT molecular complexity index is 6390. The molecule has 0 bridgehead atoms. The van der Waals surface area contributed by atoms with E-state index in [2.05, 4.69) is 337 Å². The van der Waals surface area contributed by atoms with Crippen molar-refractivity contribution in [3.8, 4) is 33.4 Å². The zero-order valence-electron chi connectivity index (χ0n) is 55.9. The van der Waals surface area contributed by atoms with Gasteiger partial charge in [-0.25, -0.2) is 0 Å². The number of benzene rings is 15. The summed E-state index contributed by atoms with van der Waals surface area (Å²) in [5.74, 6) is 0. The van der Waals surface area contributed by atoms with Gasteiger partial charge >= 0.3 is 0 Å². The van der Waals surface area contributed by atoms with Gasteiger partial charge in [-0.05, 0) is 173 Å². The molecule has 0 atom stereocenters. The maximum absolute atomic E-state index is 6.28. The lowest BCUT2D eigenvalue weighted by molar-refractivity contribution is 0.660. The summed E-state index contributed by atoms with van der Waals surface area (Å²) in [6, 6.07) is 105. The molecule has 99 heavy (non-hydrogen) atoms. The van der Waals surface area contributed by atoms with E-state index in [0.717, 1.165) is 66.9 Å². The van der Waals surface area contributed by atoms with Gasteiger partial charge in [0.05, 0.1) is 22.1 Å². The van der Waals surface area contributed by atoms with Crippen LogP contribution in [0.4, 0.5) is 34.1 Å². The summed E-state index contributed by atoms with van der Waals surface area (Å²) < 4.78 is 15.2. The van der Waals surface area contributed by atoms with Crippen LogP contribution in [0.3, 0.4) is 0 Å². The third-order valence-corrected chi connectivity index (χ3v) is 22.8. The molecule has 474 valence electrons. The number of thiophene rings is 1. The highest BCUT2D eigenvalue weighted by atomic mass is 32.1. The fourth-order valence-corrected chi connectivity index (χ4v) is 18.0. The highest BCUT2D eigenvalue weighted by Gasteiger charge is 2.38. The first-order valence-electron chi connectivity index (χ1n) is 34.4. The first-order chi connectivity index (χ1) is 48.3. The van der Waals surface area contributed by atoms with Crippen LogP contribution < -0.4 is 16.0 Å². The van der Waals surface area contributed by atoms with Crippen molar-refractivity contribution in [2.24, 2.45) is 0 Å². The van der Waals surface area contributed by atoms with Crippen LogP contribution in [0.5, 0.6) is 0 Å². The van der Waals surface area contributed by atoms with Crippen LogP contribution in [0.2, 0.25) is 0 Å². The predicted octanol–water partition coefficient (Wildman–Crippen LogP) is 26.8. The molecular weight excluding hydrogens is 1220 g/mol. The van der Waals surface area contributed by atoms with E-state index in [1.54, 1.807) is 0 Å². The van der Waals surface area contributed by atoms with Crippen molar-refractivity contribution in [3.05, 3.63) is 325 Å². The molecule has 0 amide bonds. The Kier molecular flexibility index (Phi) is 13.1. The Balaban J connectivity index is 0.000000104. The molecule has 0 unspecified atom stereocenters. The molecule has 3 aromatic heterocycles. The number of anilines is 6. The van der Waals surface area contributed by atoms with Crippen LogP contribution >= 0.6 is 11.3 Å². The maximum Gasteiger partial charge on any atom is 0.138 e. The van der Waals surface area contributed by atoms with Crippen molar-refractivity contribution >= 4 is 142 Å². The van der Waals surface area contributed by atoms with E-state index in [-0.39, 0.29) is 16.2 Å². The van der Waals surface area contributed by atoms with Gasteiger partial charge in [0.2, 0.25) is 0 Å². The molecule has 21 rings (SSSR count). The summed E-state index contributed by atoms with van der Waals surface area (Å²) in [6.07, 6.45) is 0. The van der Waals surface area contributed by atoms with Gasteiger partial charge in [-0.2, -0.15) is 0 Å². The van der Waals surface area contributed by atoms with E-state index in [9.17, 15) is 0 Å². The first-order valence-corrected chi connectivity index (χ1v) is 35.2. The molecule has 0 saturated carbocycles. The van der Waals surface area contributed by atoms with Gasteiger partial charge in [0.25, 0.3) is 0 Å². The molecule has 18 aromatic rings. The van der Waals surface area contributed by atoms with E-state index in [1.807, 2.05) is 23.5 Å². The number of hydrogen-bond acceptors (Lipinski definition) is 6. The molecule has 0 radical (unpaired) electrons. The van der Waals surface area contributed by atoms with E-state index >= 15 is 0 Å². The quantitative estimate of drug-likeness (QED) is 0.155. The highest BCUT2D eigenvalue weighted by molar-refractivity contribution is 7.26. The summed E-state index contributed by atoms with van der Waals surface area (Å²) in [5.41, 5.74) is 26.6. The van der Waals surface area contributed by atoms with Crippen LogP contribution in [0, 0.1) is 0 Å². The molecular formula is C93H69N3O2S. The summed E-state index contributed by atoms with van der Waals surface area (Å²) in [7, 11) is 0. The normalized spacial score (nSPS) is 14.0. The van der Waals surface area contributed by atoms with Gasteiger partial charge in [-0.3, -0.25) is 0 Å². The van der Waals surface area contributed by atoms with Gasteiger partial charge in [-0.1, -0.05) is 248 Å². The molecule has 3 heterocycles. The van der Waals surface area contributed by atoms with Crippen LogP contribution in [-0.2, 0) is 16.2 Å². The number of hydrogen-bond donors (Lipinski definition) is 3. The second-order valence-electron chi connectivity index (χ2n) is 28.5. The number of rotatable bonds is 6. The number of para-hydroxylation sites is 1. The molecule has 3 aliphatic rings. The minimum atomic E-state index is -0.0197. The van der Waals surface area contributed by atoms with E-state index in [1.165, 1.54) is 130 Å². The van der Waals surface area contributed by atoms with Gasteiger partial charge in [0, 0.05) is 80.9 Å². The van der Waals surface area contributed by atoms with Gasteiger partial charge in [-0.15, -0.1) is 11.3 Å². The van der Waals surface area contributed by atoms with E-state index in [0.29, 0.717) is 0 Å². The van der Waals surface area contributed by atoms with Gasteiger partial charge in [0.1, 0.15) is 22.3 Å². The molecule has 6 heteroatoms. The summed E-state index contributed by atoms with van der Waals surface area (Å²) >= 11 is 1.87. The van der Waals surface area contributed by atoms with E-state index in [4.69, 9.17) is 8.83 Å². The van der Waals surface area contributed by atoms with Crippen molar-refractivity contribution in [3.63, 3.8) is 0 Å². The Morgan fingerprint density at radius 3 is 1.58 bits per heavy atom. The van der Waals surface area contributed by atoms with Crippen molar-refractivity contribution in [2.75, 3.05) is 16.0 Å². The predicted molar refractivity (Wildman–Crippen MR) is 421 cm³/mol.